The Kier molecular flexibility index (Phi) is 4.94. The van der Waals surface area contributed by atoms with Gasteiger partial charge in [0.05, 0.1) is 6.61 Å². The summed E-state index contributed by atoms with van der Waals surface area (Å²) >= 11 is 0. The highest BCUT2D eigenvalue weighted by atomic mass is 19.1. The van der Waals surface area contributed by atoms with Gasteiger partial charge in [-0.05, 0) is 51.0 Å². The summed E-state index contributed by atoms with van der Waals surface area (Å²) in [6, 6.07) is 5.52. The molecule has 1 N–H and O–H groups in total. The van der Waals surface area contributed by atoms with Crippen LogP contribution in [0.15, 0.2) is 24.3 Å². The van der Waals surface area contributed by atoms with E-state index in [1.165, 1.54) is 17.0 Å². The number of nitrogens with zero attached hydrogens (tertiary/aromatic N) is 2. The number of likely N-dealkylation sites (tertiary alicyclic amines) is 1. The zero-order valence-corrected chi connectivity index (χ0v) is 14.6. The molecule has 25 heavy (non-hydrogen) atoms. The average molecular weight is 349 g/mol. The molecule has 0 aliphatic carbocycles. The Morgan fingerprint density at radius 1 is 1.28 bits per heavy atom. The van der Waals surface area contributed by atoms with Crippen LogP contribution >= 0.6 is 0 Å². The molecule has 3 rings (SSSR count). The normalized spacial score (nSPS) is 23.8. The Hall–Kier alpha value is -2.15. The van der Waals surface area contributed by atoms with Crippen molar-refractivity contribution in [2.75, 3.05) is 26.2 Å². The summed E-state index contributed by atoms with van der Waals surface area (Å²) in [4.78, 5) is 28.2. The number of carbonyl (C=O) groups is 2. The van der Waals surface area contributed by atoms with Gasteiger partial charge in [0.25, 0.3) is 5.91 Å². The Morgan fingerprint density at radius 2 is 2.00 bits per heavy atom. The SMILES string of the molecule is CC(C)N1C(=O)NC2(CCN(CCCOc3ccc(F)cc3)C2)C1=O. The number of amides is 3. The Morgan fingerprint density at radius 3 is 2.64 bits per heavy atom. The fourth-order valence-electron chi connectivity index (χ4n) is 3.48. The number of halogens is 1. The molecule has 2 heterocycles. The number of urea groups is 1. The van der Waals surface area contributed by atoms with Crippen LogP contribution in [0.3, 0.4) is 0 Å². The van der Waals surface area contributed by atoms with E-state index in [4.69, 9.17) is 4.74 Å². The van der Waals surface area contributed by atoms with Gasteiger partial charge in [-0.2, -0.15) is 0 Å². The summed E-state index contributed by atoms with van der Waals surface area (Å²) < 4.78 is 18.4. The van der Waals surface area contributed by atoms with Gasteiger partial charge in [0.2, 0.25) is 0 Å². The Labute approximate surface area is 146 Å². The van der Waals surface area contributed by atoms with Crippen molar-refractivity contribution >= 4 is 11.9 Å². The lowest BCUT2D eigenvalue weighted by molar-refractivity contribution is -0.132. The molecule has 2 fully saturated rings. The van der Waals surface area contributed by atoms with Gasteiger partial charge in [-0.15, -0.1) is 0 Å². The number of hydrogen-bond donors (Lipinski definition) is 1. The molecule has 2 aliphatic rings. The molecule has 7 heteroatoms. The summed E-state index contributed by atoms with van der Waals surface area (Å²) in [7, 11) is 0. The first-order chi connectivity index (χ1) is 11.9. The summed E-state index contributed by atoms with van der Waals surface area (Å²) in [5.74, 6) is 0.246. The summed E-state index contributed by atoms with van der Waals surface area (Å²) in [6.07, 6.45) is 1.43. The van der Waals surface area contributed by atoms with E-state index in [9.17, 15) is 14.0 Å². The highest BCUT2D eigenvalue weighted by Crippen LogP contribution is 2.29. The molecule has 0 saturated carbocycles. The molecule has 0 radical (unpaired) electrons. The molecule has 0 bridgehead atoms. The lowest BCUT2D eigenvalue weighted by Crippen LogP contribution is -2.49. The molecule has 6 nitrogen and oxygen atoms in total. The van der Waals surface area contributed by atoms with Crippen LogP contribution in [0.1, 0.15) is 26.7 Å². The zero-order chi connectivity index (χ0) is 18.0. The lowest BCUT2D eigenvalue weighted by atomic mass is 9.98. The van der Waals surface area contributed by atoms with Crippen LogP contribution in [0.5, 0.6) is 5.75 Å². The molecule has 2 aliphatic heterocycles. The molecule has 1 atom stereocenters. The highest BCUT2D eigenvalue weighted by molar-refractivity contribution is 6.07. The van der Waals surface area contributed by atoms with Crippen molar-refractivity contribution in [3.05, 3.63) is 30.1 Å². The maximum absolute atomic E-state index is 12.8. The second kappa shape index (κ2) is 7.00. The third-order valence-corrected chi connectivity index (χ3v) is 4.76. The molecule has 1 unspecified atom stereocenters. The predicted molar refractivity (Wildman–Crippen MR) is 90.8 cm³/mol. The fourth-order valence-corrected chi connectivity index (χ4v) is 3.48. The Balaban J connectivity index is 1.46. The number of hydrogen-bond acceptors (Lipinski definition) is 4. The smallest absolute Gasteiger partial charge is 0.325 e. The highest BCUT2D eigenvalue weighted by Gasteiger charge is 2.54. The van der Waals surface area contributed by atoms with Gasteiger partial charge in [-0.25, -0.2) is 9.18 Å². The zero-order valence-electron chi connectivity index (χ0n) is 14.6. The maximum Gasteiger partial charge on any atom is 0.325 e. The molecule has 1 spiro atoms. The molecule has 1 aromatic rings. The number of carbonyl (C=O) groups excluding carboxylic acids is 2. The maximum atomic E-state index is 12.8. The number of ether oxygens (including phenoxy) is 1. The van der Waals surface area contributed by atoms with Gasteiger partial charge in [0.1, 0.15) is 17.1 Å². The lowest BCUT2D eigenvalue weighted by Gasteiger charge is -2.23. The summed E-state index contributed by atoms with van der Waals surface area (Å²) in [5.41, 5.74) is -0.765. The minimum absolute atomic E-state index is 0.113. The van der Waals surface area contributed by atoms with E-state index in [0.29, 0.717) is 25.3 Å². The van der Waals surface area contributed by atoms with Crippen molar-refractivity contribution in [1.82, 2.24) is 15.1 Å². The quantitative estimate of drug-likeness (QED) is 0.630. The van der Waals surface area contributed by atoms with E-state index in [1.54, 1.807) is 12.1 Å². The molecular weight excluding hydrogens is 325 g/mol. The van der Waals surface area contributed by atoms with Crippen LogP contribution < -0.4 is 10.1 Å². The van der Waals surface area contributed by atoms with Crippen LogP contribution in [-0.4, -0.2) is 59.6 Å². The summed E-state index contributed by atoms with van der Waals surface area (Å²) in [6.45, 7) is 6.30. The van der Waals surface area contributed by atoms with E-state index in [1.807, 2.05) is 13.8 Å². The average Bonchev–Trinajstić information content (AvgIpc) is 3.07. The largest absolute Gasteiger partial charge is 0.494 e. The van der Waals surface area contributed by atoms with Crippen LogP contribution in [-0.2, 0) is 4.79 Å². The second-order valence-electron chi connectivity index (χ2n) is 6.96. The topological polar surface area (TPSA) is 61.9 Å². The standard InChI is InChI=1S/C18H24FN3O3/c1-13(2)22-16(23)18(20-17(22)24)8-10-21(12-18)9-3-11-25-15-6-4-14(19)5-7-15/h4-7,13H,3,8-12H2,1-2H3,(H,20,24). The third-order valence-electron chi connectivity index (χ3n) is 4.76. The van der Waals surface area contributed by atoms with E-state index in [0.717, 1.165) is 19.5 Å². The van der Waals surface area contributed by atoms with Crippen molar-refractivity contribution in [3.63, 3.8) is 0 Å². The first-order valence-corrected chi connectivity index (χ1v) is 8.68. The molecular formula is C18H24FN3O3. The van der Waals surface area contributed by atoms with E-state index in [-0.39, 0.29) is 23.8 Å². The van der Waals surface area contributed by atoms with Crippen molar-refractivity contribution in [3.8, 4) is 5.75 Å². The van der Waals surface area contributed by atoms with E-state index >= 15 is 0 Å². The van der Waals surface area contributed by atoms with Crippen molar-refractivity contribution in [2.24, 2.45) is 0 Å². The minimum Gasteiger partial charge on any atom is -0.494 e. The van der Waals surface area contributed by atoms with Crippen molar-refractivity contribution in [1.29, 1.82) is 0 Å². The minimum atomic E-state index is -0.765. The van der Waals surface area contributed by atoms with Gasteiger partial charge < -0.3 is 15.0 Å². The molecule has 2 saturated heterocycles. The van der Waals surface area contributed by atoms with Crippen molar-refractivity contribution < 1.29 is 18.7 Å². The van der Waals surface area contributed by atoms with Gasteiger partial charge in [0.15, 0.2) is 0 Å². The number of nitrogens with one attached hydrogen (secondary N) is 1. The molecule has 1 aromatic carbocycles. The molecule has 3 amide bonds. The third kappa shape index (κ3) is 3.61. The van der Waals surface area contributed by atoms with E-state index < -0.39 is 5.54 Å². The van der Waals surface area contributed by atoms with Crippen LogP contribution in [0.4, 0.5) is 9.18 Å². The number of benzene rings is 1. The monoisotopic (exact) mass is 349 g/mol. The number of rotatable bonds is 6. The van der Waals surface area contributed by atoms with Crippen molar-refractivity contribution in [2.45, 2.75) is 38.3 Å². The molecule has 0 aromatic heterocycles. The summed E-state index contributed by atoms with van der Waals surface area (Å²) in [5, 5.41) is 2.89. The van der Waals surface area contributed by atoms with Gasteiger partial charge in [0, 0.05) is 25.7 Å². The molecule has 136 valence electrons. The first kappa shape index (κ1) is 17.7. The first-order valence-electron chi connectivity index (χ1n) is 8.68. The van der Waals surface area contributed by atoms with Gasteiger partial charge in [-0.1, -0.05) is 0 Å². The van der Waals surface area contributed by atoms with Gasteiger partial charge in [-0.3, -0.25) is 9.69 Å². The van der Waals surface area contributed by atoms with Crippen LogP contribution in [0, 0.1) is 5.82 Å². The predicted octanol–water partition coefficient (Wildman–Crippen LogP) is 2.00. The Bertz CT molecular complexity index is 649. The van der Waals surface area contributed by atoms with E-state index in [2.05, 4.69) is 10.2 Å². The number of imide groups is 1. The second-order valence-corrected chi connectivity index (χ2v) is 6.96. The fraction of sp³-hybridized carbons (Fsp3) is 0.556. The van der Waals surface area contributed by atoms with Crippen LogP contribution in [0.2, 0.25) is 0 Å². The van der Waals surface area contributed by atoms with Crippen LogP contribution in [0.25, 0.3) is 0 Å². The van der Waals surface area contributed by atoms with Gasteiger partial charge >= 0.3 is 6.03 Å².